The highest BCUT2D eigenvalue weighted by Gasteiger charge is 2.43. The topological polar surface area (TPSA) is 46.2 Å². The smallest absolute Gasteiger partial charge is 0.150 e. The van der Waals surface area contributed by atoms with Gasteiger partial charge in [-0.25, -0.2) is 8.42 Å². The summed E-state index contributed by atoms with van der Waals surface area (Å²) in [5.74, 6) is 1.58. The van der Waals surface area contributed by atoms with Crippen LogP contribution in [0.1, 0.15) is 58.8 Å². The summed E-state index contributed by atoms with van der Waals surface area (Å²) in [6.07, 6.45) is 8.65. The second-order valence-electron chi connectivity index (χ2n) is 7.09. The Hall–Kier alpha value is -0.0900. The molecule has 1 saturated heterocycles. The Bertz CT molecular complexity index is 385. The molecule has 1 unspecified atom stereocenters. The summed E-state index contributed by atoms with van der Waals surface area (Å²) in [6, 6.07) is 0.437. The second kappa shape index (κ2) is 6.13. The molecule has 1 N–H and O–H groups in total. The van der Waals surface area contributed by atoms with Gasteiger partial charge in [0.15, 0.2) is 9.84 Å². The zero-order chi connectivity index (χ0) is 13.9. The van der Waals surface area contributed by atoms with Gasteiger partial charge in [0.2, 0.25) is 0 Å². The Balaban J connectivity index is 2.01. The molecule has 0 spiro atoms. The van der Waals surface area contributed by atoms with Gasteiger partial charge in [0.05, 0.1) is 11.5 Å². The van der Waals surface area contributed by atoms with E-state index in [9.17, 15) is 8.42 Å². The number of hydrogen-bond acceptors (Lipinski definition) is 3. The van der Waals surface area contributed by atoms with Crippen LogP contribution in [0.15, 0.2) is 0 Å². The van der Waals surface area contributed by atoms with Crippen LogP contribution in [-0.4, -0.2) is 32.5 Å². The van der Waals surface area contributed by atoms with Crippen LogP contribution in [0.3, 0.4) is 0 Å². The van der Waals surface area contributed by atoms with Crippen molar-refractivity contribution in [3.05, 3.63) is 0 Å². The maximum atomic E-state index is 11.9. The Kier molecular flexibility index (Phi) is 4.93. The highest BCUT2D eigenvalue weighted by molar-refractivity contribution is 7.91. The van der Waals surface area contributed by atoms with Crippen molar-refractivity contribution in [3.8, 4) is 0 Å². The van der Waals surface area contributed by atoms with Crippen LogP contribution < -0.4 is 5.32 Å². The van der Waals surface area contributed by atoms with Crippen molar-refractivity contribution < 1.29 is 8.42 Å². The number of hydrogen-bond donors (Lipinski definition) is 1. The molecule has 0 amide bonds. The van der Waals surface area contributed by atoms with Crippen molar-refractivity contribution in [3.63, 3.8) is 0 Å². The minimum absolute atomic E-state index is 0.0190. The second-order valence-corrected chi connectivity index (χ2v) is 9.27. The molecule has 1 heterocycles. The fourth-order valence-corrected chi connectivity index (χ4v) is 5.97. The average Bonchev–Trinajstić information content (AvgIpc) is 2.64. The van der Waals surface area contributed by atoms with E-state index in [1.807, 2.05) is 0 Å². The lowest BCUT2D eigenvalue weighted by Gasteiger charge is -2.34. The highest BCUT2D eigenvalue weighted by Crippen LogP contribution is 2.41. The summed E-state index contributed by atoms with van der Waals surface area (Å²) in [4.78, 5) is 0. The van der Waals surface area contributed by atoms with Gasteiger partial charge in [-0.15, -0.1) is 0 Å². The summed E-state index contributed by atoms with van der Waals surface area (Å²) < 4.78 is 23.8. The van der Waals surface area contributed by atoms with Gasteiger partial charge in [-0.1, -0.05) is 46.0 Å². The van der Waals surface area contributed by atoms with Gasteiger partial charge < -0.3 is 5.32 Å². The van der Waals surface area contributed by atoms with Crippen LogP contribution in [0.5, 0.6) is 0 Å². The molecule has 1 aliphatic carbocycles. The van der Waals surface area contributed by atoms with Gasteiger partial charge >= 0.3 is 0 Å². The summed E-state index contributed by atoms with van der Waals surface area (Å²) >= 11 is 0. The van der Waals surface area contributed by atoms with Crippen molar-refractivity contribution >= 4 is 9.84 Å². The van der Waals surface area contributed by atoms with Crippen molar-refractivity contribution in [2.45, 2.75) is 64.8 Å². The zero-order valence-corrected chi connectivity index (χ0v) is 13.3. The van der Waals surface area contributed by atoms with Gasteiger partial charge in [-0.3, -0.25) is 0 Å². The SMILES string of the molecule is CC(C)NCC1(CC2CCCCC2)CCS(=O)(=O)C1. The van der Waals surface area contributed by atoms with Crippen LogP contribution >= 0.6 is 0 Å². The summed E-state index contributed by atoms with van der Waals surface area (Å²) in [6.45, 7) is 5.15. The standard InChI is InChI=1S/C15H29NO2S/c1-13(2)16-11-15(8-9-19(17,18)12-15)10-14-6-4-3-5-7-14/h13-14,16H,3-12H2,1-2H3. The number of nitrogens with one attached hydrogen (secondary N) is 1. The lowest BCUT2D eigenvalue weighted by atomic mass is 9.74. The van der Waals surface area contributed by atoms with E-state index in [1.54, 1.807) is 0 Å². The monoisotopic (exact) mass is 287 g/mol. The van der Waals surface area contributed by atoms with E-state index in [2.05, 4.69) is 19.2 Å². The zero-order valence-electron chi connectivity index (χ0n) is 12.5. The van der Waals surface area contributed by atoms with E-state index in [-0.39, 0.29) is 5.41 Å². The van der Waals surface area contributed by atoms with Crippen LogP contribution in [-0.2, 0) is 9.84 Å². The van der Waals surface area contributed by atoms with E-state index in [4.69, 9.17) is 0 Å². The van der Waals surface area contributed by atoms with Crippen LogP contribution in [0.25, 0.3) is 0 Å². The third kappa shape index (κ3) is 4.45. The molecule has 0 radical (unpaired) electrons. The first-order chi connectivity index (χ1) is 8.91. The highest BCUT2D eigenvalue weighted by atomic mass is 32.2. The Labute approximate surface area is 118 Å². The largest absolute Gasteiger partial charge is 0.314 e. The quantitative estimate of drug-likeness (QED) is 0.846. The van der Waals surface area contributed by atoms with Crippen LogP contribution in [0.2, 0.25) is 0 Å². The molecule has 2 rings (SSSR count). The molecule has 19 heavy (non-hydrogen) atoms. The molecule has 112 valence electrons. The maximum Gasteiger partial charge on any atom is 0.150 e. The van der Waals surface area contributed by atoms with E-state index < -0.39 is 9.84 Å². The predicted octanol–water partition coefficient (Wildman–Crippen LogP) is 2.76. The molecule has 1 atom stereocenters. The van der Waals surface area contributed by atoms with Crippen molar-refractivity contribution in [1.29, 1.82) is 0 Å². The molecule has 0 aromatic carbocycles. The minimum atomic E-state index is -2.79. The predicted molar refractivity (Wildman–Crippen MR) is 80.0 cm³/mol. The van der Waals surface area contributed by atoms with E-state index in [0.717, 1.165) is 25.3 Å². The Morgan fingerprint density at radius 3 is 2.42 bits per heavy atom. The molecular formula is C15H29NO2S. The fraction of sp³-hybridized carbons (Fsp3) is 1.00. The summed E-state index contributed by atoms with van der Waals surface area (Å²) in [5.41, 5.74) is 0.0190. The van der Waals surface area contributed by atoms with Crippen LogP contribution in [0.4, 0.5) is 0 Å². The average molecular weight is 287 g/mol. The number of rotatable bonds is 5. The van der Waals surface area contributed by atoms with Gasteiger partial charge in [0.1, 0.15) is 0 Å². The molecule has 4 heteroatoms. The normalized spacial score (nSPS) is 31.9. The molecule has 2 fully saturated rings. The van der Waals surface area contributed by atoms with E-state index in [0.29, 0.717) is 17.5 Å². The maximum absolute atomic E-state index is 11.9. The first-order valence-corrected chi connectivity index (χ1v) is 9.67. The van der Waals surface area contributed by atoms with Crippen molar-refractivity contribution in [2.75, 3.05) is 18.1 Å². The minimum Gasteiger partial charge on any atom is -0.314 e. The molecule has 2 aliphatic rings. The van der Waals surface area contributed by atoms with Crippen molar-refractivity contribution in [2.24, 2.45) is 11.3 Å². The summed E-state index contributed by atoms with van der Waals surface area (Å²) in [7, 11) is -2.79. The number of sulfone groups is 1. The Morgan fingerprint density at radius 2 is 1.89 bits per heavy atom. The van der Waals surface area contributed by atoms with Gasteiger partial charge in [0, 0.05) is 12.6 Å². The molecule has 0 bridgehead atoms. The molecular weight excluding hydrogens is 258 g/mol. The van der Waals surface area contributed by atoms with E-state index >= 15 is 0 Å². The van der Waals surface area contributed by atoms with E-state index in [1.165, 1.54) is 32.1 Å². The van der Waals surface area contributed by atoms with Gasteiger partial charge in [-0.05, 0) is 24.2 Å². The molecule has 0 aromatic rings. The third-order valence-corrected chi connectivity index (χ3v) is 6.68. The molecule has 1 aliphatic heterocycles. The lowest BCUT2D eigenvalue weighted by Crippen LogP contribution is -2.40. The first kappa shape index (κ1) is 15.3. The van der Waals surface area contributed by atoms with Gasteiger partial charge in [-0.2, -0.15) is 0 Å². The fourth-order valence-electron chi connectivity index (χ4n) is 3.78. The molecule has 0 aromatic heterocycles. The molecule has 3 nitrogen and oxygen atoms in total. The lowest BCUT2D eigenvalue weighted by molar-refractivity contribution is 0.198. The third-order valence-electron chi connectivity index (χ3n) is 4.80. The first-order valence-electron chi connectivity index (χ1n) is 7.85. The summed E-state index contributed by atoms with van der Waals surface area (Å²) in [5, 5.41) is 3.49. The molecule has 1 saturated carbocycles. The van der Waals surface area contributed by atoms with Gasteiger partial charge in [0.25, 0.3) is 0 Å². The Morgan fingerprint density at radius 1 is 1.21 bits per heavy atom. The van der Waals surface area contributed by atoms with Crippen LogP contribution in [0, 0.1) is 11.3 Å². The van der Waals surface area contributed by atoms with Crippen molar-refractivity contribution in [1.82, 2.24) is 5.32 Å².